The van der Waals surface area contributed by atoms with E-state index in [1.807, 2.05) is 24.3 Å². The molecule has 1 atom stereocenters. The van der Waals surface area contributed by atoms with Gasteiger partial charge in [0, 0.05) is 6.07 Å². The van der Waals surface area contributed by atoms with Crippen molar-refractivity contribution in [3.8, 4) is 0 Å². The number of nitro groups is 1. The van der Waals surface area contributed by atoms with Crippen molar-refractivity contribution in [1.29, 1.82) is 0 Å². The molecule has 2 N–H and O–H groups in total. The molecule has 0 aromatic heterocycles. The van der Waals surface area contributed by atoms with Gasteiger partial charge in [-0.25, -0.2) is 4.39 Å². The zero-order valence-corrected chi connectivity index (χ0v) is 16.5. The number of hydrogen-bond donors (Lipinski definition) is 2. The molecule has 1 amide bonds. The summed E-state index contributed by atoms with van der Waals surface area (Å²) in [7, 11) is 0. The van der Waals surface area contributed by atoms with E-state index in [-0.39, 0.29) is 23.7 Å². The predicted octanol–water partition coefficient (Wildman–Crippen LogP) is 4.61. The van der Waals surface area contributed by atoms with Gasteiger partial charge in [-0.05, 0) is 41.3 Å². The largest absolute Gasteiger partial charge is 0.319 e. The van der Waals surface area contributed by atoms with Crippen molar-refractivity contribution in [3.63, 3.8) is 0 Å². The monoisotopic (exact) mass is 407 g/mol. The van der Waals surface area contributed by atoms with Crippen LogP contribution in [-0.4, -0.2) is 17.4 Å². The predicted molar refractivity (Wildman–Crippen MR) is 114 cm³/mol. The highest BCUT2D eigenvalue weighted by molar-refractivity contribution is 5.94. The Bertz CT molecular complexity index is 1040. The number of aryl methyl sites for hydroxylation is 1. The van der Waals surface area contributed by atoms with Crippen LogP contribution < -0.4 is 10.6 Å². The number of nitro benzene ring substituents is 1. The lowest BCUT2D eigenvalue weighted by Gasteiger charge is -2.20. The maximum absolute atomic E-state index is 13.8. The second-order valence-corrected chi connectivity index (χ2v) is 6.79. The molecule has 0 aliphatic rings. The lowest BCUT2D eigenvalue weighted by Crippen LogP contribution is -2.32. The first-order valence-electron chi connectivity index (χ1n) is 9.59. The molecule has 0 saturated heterocycles. The molecule has 0 radical (unpaired) electrons. The summed E-state index contributed by atoms with van der Waals surface area (Å²) in [6, 6.07) is 19.6. The van der Waals surface area contributed by atoms with Crippen LogP contribution in [-0.2, 0) is 11.2 Å². The molecule has 154 valence electrons. The highest BCUT2D eigenvalue weighted by Gasteiger charge is 2.18. The number of benzene rings is 3. The third-order valence-corrected chi connectivity index (χ3v) is 4.74. The average molecular weight is 407 g/mol. The molecule has 3 aromatic rings. The third kappa shape index (κ3) is 5.27. The van der Waals surface area contributed by atoms with Crippen LogP contribution in [0.2, 0.25) is 0 Å². The summed E-state index contributed by atoms with van der Waals surface area (Å²) < 4.78 is 13.8. The van der Waals surface area contributed by atoms with E-state index in [0.29, 0.717) is 5.56 Å². The van der Waals surface area contributed by atoms with Crippen LogP contribution in [0.1, 0.15) is 29.7 Å². The summed E-state index contributed by atoms with van der Waals surface area (Å²) in [5, 5.41) is 16.8. The van der Waals surface area contributed by atoms with Gasteiger partial charge in [-0.3, -0.25) is 20.2 Å². The summed E-state index contributed by atoms with van der Waals surface area (Å²) >= 11 is 0. The summed E-state index contributed by atoms with van der Waals surface area (Å²) in [4.78, 5) is 23.0. The fraction of sp³-hybridized carbons (Fsp3) is 0.174. The minimum Gasteiger partial charge on any atom is -0.319 e. The number of para-hydroxylation sites is 2. The molecular weight excluding hydrogens is 385 g/mol. The van der Waals surface area contributed by atoms with E-state index >= 15 is 0 Å². The zero-order valence-electron chi connectivity index (χ0n) is 16.5. The van der Waals surface area contributed by atoms with Crippen LogP contribution in [0.15, 0.2) is 72.8 Å². The van der Waals surface area contributed by atoms with Crippen molar-refractivity contribution in [1.82, 2.24) is 5.32 Å². The number of carbonyl (C=O) groups is 1. The van der Waals surface area contributed by atoms with Gasteiger partial charge in [-0.2, -0.15) is 0 Å². The Morgan fingerprint density at radius 3 is 2.43 bits per heavy atom. The molecule has 0 heterocycles. The Kier molecular flexibility index (Phi) is 6.87. The van der Waals surface area contributed by atoms with Gasteiger partial charge in [0.15, 0.2) is 0 Å². The van der Waals surface area contributed by atoms with E-state index in [1.165, 1.54) is 35.9 Å². The first kappa shape index (κ1) is 21.1. The average Bonchev–Trinajstić information content (AvgIpc) is 2.74. The number of halogens is 1. The highest BCUT2D eigenvalue weighted by atomic mass is 19.1. The van der Waals surface area contributed by atoms with Crippen molar-refractivity contribution in [2.45, 2.75) is 19.4 Å². The Balaban J connectivity index is 1.78. The lowest BCUT2D eigenvalue weighted by molar-refractivity contribution is -0.383. The van der Waals surface area contributed by atoms with Crippen LogP contribution in [0.25, 0.3) is 0 Å². The van der Waals surface area contributed by atoms with Gasteiger partial charge in [-0.1, -0.05) is 55.5 Å². The first-order chi connectivity index (χ1) is 14.5. The van der Waals surface area contributed by atoms with E-state index in [9.17, 15) is 19.3 Å². The fourth-order valence-electron chi connectivity index (χ4n) is 3.19. The van der Waals surface area contributed by atoms with Gasteiger partial charge in [0.25, 0.3) is 5.69 Å². The zero-order chi connectivity index (χ0) is 21.5. The second-order valence-electron chi connectivity index (χ2n) is 6.79. The van der Waals surface area contributed by atoms with Gasteiger partial charge in [0.2, 0.25) is 5.91 Å². The molecule has 3 aromatic carbocycles. The molecule has 0 saturated carbocycles. The summed E-state index contributed by atoms with van der Waals surface area (Å²) in [5.74, 6) is -0.801. The number of rotatable bonds is 8. The smallest absolute Gasteiger partial charge is 0.292 e. The van der Waals surface area contributed by atoms with Gasteiger partial charge in [0.1, 0.15) is 11.5 Å². The number of nitrogens with one attached hydrogen (secondary N) is 2. The molecule has 0 unspecified atom stereocenters. The SMILES string of the molecule is CCc1ccc([C@H](NCC(=O)Nc2ccccc2[N+](=O)[O-])c2cccc(F)c2)cc1. The minimum absolute atomic E-state index is 0.108. The van der Waals surface area contributed by atoms with Crippen molar-refractivity contribution in [3.05, 3.63) is 105 Å². The van der Waals surface area contributed by atoms with Crippen molar-refractivity contribution < 1.29 is 14.1 Å². The van der Waals surface area contributed by atoms with E-state index in [4.69, 9.17) is 0 Å². The Morgan fingerprint density at radius 2 is 1.77 bits per heavy atom. The van der Waals surface area contributed by atoms with Crippen LogP contribution in [0.4, 0.5) is 15.8 Å². The molecule has 30 heavy (non-hydrogen) atoms. The number of anilines is 1. The second kappa shape index (κ2) is 9.76. The standard InChI is InChI=1S/C23H22FN3O3/c1-2-16-10-12-17(13-11-16)23(18-6-5-7-19(24)14-18)25-15-22(28)26-20-8-3-4-9-21(20)27(29)30/h3-14,23,25H,2,15H2,1H3,(H,26,28)/t23-/m0/s1. The lowest BCUT2D eigenvalue weighted by atomic mass is 9.97. The van der Waals surface area contributed by atoms with Gasteiger partial charge in [0.05, 0.1) is 17.5 Å². The summed E-state index contributed by atoms with van der Waals surface area (Å²) in [6.07, 6.45) is 0.899. The van der Waals surface area contributed by atoms with Gasteiger partial charge >= 0.3 is 0 Å². The molecule has 0 fully saturated rings. The van der Waals surface area contributed by atoms with E-state index in [0.717, 1.165) is 12.0 Å². The normalized spacial score (nSPS) is 11.7. The Labute approximate surface area is 173 Å². The van der Waals surface area contributed by atoms with Crippen molar-refractivity contribution >= 4 is 17.3 Å². The maximum atomic E-state index is 13.8. The first-order valence-corrected chi connectivity index (χ1v) is 9.59. The Hall–Kier alpha value is -3.58. The van der Waals surface area contributed by atoms with Gasteiger partial charge in [-0.15, -0.1) is 0 Å². The quantitative estimate of drug-likeness (QED) is 0.422. The van der Waals surface area contributed by atoms with Gasteiger partial charge < -0.3 is 5.32 Å². The molecule has 0 spiro atoms. The maximum Gasteiger partial charge on any atom is 0.292 e. The van der Waals surface area contributed by atoms with Crippen LogP contribution in [0, 0.1) is 15.9 Å². The third-order valence-electron chi connectivity index (χ3n) is 4.74. The number of nitrogens with zero attached hydrogens (tertiary/aromatic N) is 1. The number of carbonyl (C=O) groups excluding carboxylic acids is 1. The number of hydrogen-bond acceptors (Lipinski definition) is 4. The van der Waals surface area contributed by atoms with Crippen LogP contribution in [0.5, 0.6) is 0 Å². The van der Waals surface area contributed by atoms with Crippen LogP contribution >= 0.6 is 0 Å². The van der Waals surface area contributed by atoms with Crippen molar-refractivity contribution in [2.24, 2.45) is 0 Å². The summed E-state index contributed by atoms with van der Waals surface area (Å²) in [5.41, 5.74) is 2.69. The summed E-state index contributed by atoms with van der Waals surface area (Å²) in [6.45, 7) is 1.95. The fourth-order valence-corrected chi connectivity index (χ4v) is 3.19. The molecule has 6 nitrogen and oxygen atoms in total. The molecule has 0 aliphatic heterocycles. The van der Waals surface area contributed by atoms with E-state index in [1.54, 1.807) is 18.2 Å². The highest BCUT2D eigenvalue weighted by Crippen LogP contribution is 2.25. The minimum atomic E-state index is -0.548. The molecule has 0 aliphatic carbocycles. The van der Waals surface area contributed by atoms with E-state index in [2.05, 4.69) is 17.6 Å². The molecule has 7 heteroatoms. The molecule has 3 rings (SSSR count). The van der Waals surface area contributed by atoms with Crippen LogP contribution in [0.3, 0.4) is 0 Å². The van der Waals surface area contributed by atoms with E-state index < -0.39 is 16.9 Å². The molecule has 0 bridgehead atoms. The Morgan fingerprint density at radius 1 is 1.03 bits per heavy atom. The molecular formula is C23H22FN3O3. The number of amides is 1. The van der Waals surface area contributed by atoms with Crippen molar-refractivity contribution in [2.75, 3.05) is 11.9 Å². The topological polar surface area (TPSA) is 84.3 Å².